The van der Waals surface area contributed by atoms with E-state index in [0.717, 1.165) is 25.3 Å². The van der Waals surface area contributed by atoms with E-state index < -0.39 is 0 Å². The molecule has 19 heavy (non-hydrogen) atoms. The summed E-state index contributed by atoms with van der Waals surface area (Å²) in [5, 5.41) is 3.24. The molecule has 1 aliphatic heterocycles. The molecule has 1 aromatic carbocycles. The molecule has 1 N–H and O–H groups in total. The van der Waals surface area contributed by atoms with Gasteiger partial charge in [-0.05, 0) is 25.2 Å². The lowest BCUT2D eigenvalue weighted by Crippen LogP contribution is -2.55. The van der Waals surface area contributed by atoms with Crippen LogP contribution >= 0.6 is 0 Å². The summed E-state index contributed by atoms with van der Waals surface area (Å²) in [5.41, 5.74) is 1.54. The van der Waals surface area contributed by atoms with Crippen LogP contribution in [-0.4, -0.2) is 36.1 Å². The van der Waals surface area contributed by atoms with Crippen LogP contribution < -0.4 is 5.32 Å². The zero-order chi connectivity index (χ0) is 13.2. The van der Waals surface area contributed by atoms with E-state index in [-0.39, 0.29) is 5.82 Å². The van der Waals surface area contributed by atoms with Gasteiger partial charge in [-0.15, -0.1) is 0 Å². The Morgan fingerprint density at radius 1 is 1.47 bits per heavy atom. The van der Waals surface area contributed by atoms with Gasteiger partial charge in [-0.1, -0.05) is 6.07 Å². The van der Waals surface area contributed by atoms with Crippen LogP contribution in [0.15, 0.2) is 34.9 Å². The van der Waals surface area contributed by atoms with E-state index in [2.05, 4.69) is 22.2 Å². The molecule has 0 saturated carbocycles. The maximum atomic E-state index is 13.1. The molecule has 0 aliphatic carbocycles. The van der Waals surface area contributed by atoms with Crippen LogP contribution in [0.2, 0.25) is 0 Å². The Labute approximate surface area is 111 Å². The second kappa shape index (κ2) is 5.11. The fourth-order valence-corrected chi connectivity index (χ4v) is 2.10. The van der Waals surface area contributed by atoms with Gasteiger partial charge in [0.1, 0.15) is 12.1 Å². The summed E-state index contributed by atoms with van der Waals surface area (Å²) in [6, 6.07) is 6.84. The summed E-state index contributed by atoms with van der Waals surface area (Å²) < 4.78 is 18.6. The highest BCUT2D eigenvalue weighted by atomic mass is 19.1. The van der Waals surface area contributed by atoms with Crippen molar-refractivity contribution in [1.82, 2.24) is 15.2 Å². The smallest absolute Gasteiger partial charge is 0.226 e. The SMILES string of the molecule is CN(Cc1coc(-c2cccc(F)c2)n1)C1CNC1. The minimum atomic E-state index is -0.282. The maximum Gasteiger partial charge on any atom is 0.226 e. The van der Waals surface area contributed by atoms with Gasteiger partial charge in [0.05, 0.1) is 5.69 Å². The van der Waals surface area contributed by atoms with Gasteiger partial charge in [0.25, 0.3) is 0 Å². The minimum Gasteiger partial charge on any atom is -0.444 e. The van der Waals surface area contributed by atoms with E-state index in [1.165, 1.54) is 12.1 Å². The van der Waals surface area contributed by atoms with Gasteiger partial charge in [-0.3, -0.25) is 4.90 Å². The second-order valence-electron chi connectivity index (χ2n) is 4.88. The van der Waals surface area contributed by atoms with Crippen molar-refractivity contribution >= 4 is 0 Å². The highest BCUT2D eigenvalue weighted by Gasteiger charge is 2.22. The molecule has 3 rings (SSSR count). The summed E-state index contributed by atoms with van der Waals surface area (Å²) in [5.74, 6) is 0.185. The third kappa shape index (κ3) is 2.67. The molecule has 5 heteroatoms. The molecule has 4 nitrogen and oxygen atoms in total. The topological polar surface area (TPSA) is 41.3 Å². The number of oxazole rings is 1. The van der Waals surface area contributed by atoms with Gasteiger partial charge < -0.3 is 9.73 Å². The molecule has 1 fully saturated rings. The molecule has 100 valence electrons. The first-order valence-corrected chi connectivity index (χ1v) is 6.33. The normalized spacial score (nSPS) is 15.7. The standard InChI is InChI=1S/C14H16FN3O/c1-18(13-6-16-7-13)8-12-9-19-14(17-12)10-3-2-4-11(15)5-10/h2-5,9,13,16H,6-8H2,1H3. The van der Waals surface area contributed by atoms with Crippen molar-refractivity contribution in [2.45, 2.75) is 12.6 Å². The van der Waals surface area contributed by atoms with Gasteiger partial charge in [0, 0.05) is 31.2 Å². The van der Waals surface area contributed by atoms with E-state index in [1.807, 2.05) is 0 Å². The Balaban J connectivity index is 1.72. The van der Waals surface area contributed by atoms with Crippen molar-refractivity contribution in [3.63, 3.8) is 0 Å². The van der Waals surface area contributed by atoms with Crippen molar-refractivity contribution in [3.05, 3.63) is 42.0 Å². The first-order valence-electron chi connectivity index (χ1n) is 6.33. The van der Waals surface area contributed by atoms with Crippen LogP contribution in [-0.2, 0) is 6.54 Å². The zero-order valence-electron chi connectivity index (χ0n) is 10.8. The quantitative estimate of drug-likeness (QED) is 0.912. The lowest BCUT2D eigenvalue weighted by atomic mass is 10.1. The average molecular weight is 261 g/mol. The Kier molecular flexibility index (Phi) is 3.31. The third-order valence-electron chi connectivity index (χ3n) is 3.42. The Morgan fingerprint density at radius 2 is 2.32 bits per heavy atom. The van der Waals surface area contributed by atoms with Crippen LogP contribution in [0, 0.1) is 5.82 Å². The van der Waals surface area contributed by atoms with Crippen molar-refractivity contribution in [3.8, 4) is 11.5 Å². The van der Waals surface area contributed by atoms with Gasteiger partial charge in [0.15, 0.2) is 0 Å². The molecule has 1 aliphatic rings. The van der Waals surface area contributed by atoms with Gasteiger partial charge in [0.2, 0.25) is 5.89 Å². The molecule has 0 radical (unpaired) electrons. The lowest BCUT2D eigenvalue weighted by Gasteiger charge is -2.35. The second-order valence-corrected chi connectivity index (χ2v) is 4.88. The third-order valence-corrected chi connectivity index (χ3v) is 3.42. The predicted molar refractivity (Wildman–Crippen MR) is 70.0 cm³/mol. The Bertz CT molecular complexity index is 565. The summed E-state index contributed by atoms with van der Waals surface area (Å²) in [6.07, 6.45) is 1.64. The average Bonchev–Trinajstić information content (AvgIpc) is 2.75. The largest absolute Gasteiger partial charge is 0.444 e. The number of hydrogen-bond donors (Lipinski definition) is 1. The summed E-state index contributed by atoms with van der Waals surface area (Å²) in [4.78, 5) is 6.65. The van der Waals surface area contributed by atoms with Crippen LogP contribution in [0.5, 0.6) is 0 Å². The van der Waals surface area contributed by atoms with Crippen LogP contribution in [0.4, 0.5) is 4.39 Å². The highest BCUT2D eigenvalue weighted by Crippen LogP contribution is 2.20. The van der Waals surface area contributed by atoms with Gasteiger partial charge >= 0.3 is 0 Å². The Morgan fingerprint density at radius 3 is 3.00 bits per heavy atom. The van der Waals surface area contributed by atoms with Crippen molar-refractivity contribution in [2.24, 2.45) is 0 Å². The summed E-state index contributed by atoms with van der Waals surface area (Å²) in [6.45, 7) is 2.78. The van der Waals surface area contributed by atoms with E-state index >= 15 is 0 Å². The molecule has 0 bridgehead atoms. The van der Waals surface area contributed by atoms with Crippen molar-refractivity contribution < 1.29 is 8.81 Å². The number of likely N-dealkylation sites (N-methyl/N-ethyl adjacent to an activating group) is 1. The molecule has 0 unspecified atom stereocenters. The monoisotopic (exact) mass is 261 g/mol. The molecule has 1 saturated heterocycles. The minimum absolute atomic E-state index is 0.282. The number of rotatable bonds is 4. The van der Waals surface area contributed by atoms with Gasteiger partial charge in [-0.25, -0.2) is 9.37 Å². The first-order chi connectivity index (χ1) is 9.22. The van der Waals surface area contributed by atoms with Crippen LogP contribution in [0.3, 0.4) is 0 Å². The fraction of sp³-hybridized carbons (Fsp3) is 0.357. The highest BCUT2D eigenvalue weighted by molar-refractivity contribution is 5.52. The summed E-state index contributed by atoms with van der Waals surface area (Å²) in [7, 11) is 2.07. The molecular weight excluding hydrogens is 245 g/mol. The predicted octanol–water partition coefficient (Wildman–Crippen LogP) is 1.88. The Hall–Kier alpha value is -1.72. The number of benzene rings is 1. The van der Waals surface area contributed by atoms with Gasteiger partial charge in [-0.2, -0.15) is 0 Å². The number of aromatic nitrogens is 1. The number of nitrogens with zero attached hydrogens (tertiary/aromatic N) is 2. The molecule has 2 aromatic rings. The number of halogens is 1. The van der Waals surface area contributed by atoms with Crippen molar-refractivity contribution in [1.29, 1.82) is 0 Å². The molecule has 1 aromatic heterocycles. The molecule has 0 atom stereocenters. The van der Waals surface area contributed by atoms with Crippen molar-refractivity contribution in [2.75, 3.05) is 20.1 Å². The fourth-order valence-electron chi connectivity index (χ4n) is 2.10. The molecule has 0 amide bonds. The number of hydrogen-bond acceptors (Lipinski definition) is 4. The van der Waals surface area contributed by atoms with E-state index in [4.69, 9.17) is 4.42 Å². The van der Waals surface area contributed by atoms with E-state index in [0.29, 0.717) is 17.5 Å². The van der Waals surface area contributed by atoms with E-state index in [1.54, 1.807) is 18.4 Å². The van der Waals surface area contributed by atoms with Crippen LogP contribution in [0.25, 0.3) is 11.5 Å². The molecule has 2 heterocycles. The van der Waals surface area contributed by atoms with E-state index in [9.17, 15) is 4.39 Å². The molecular formula is C14H16FN3O. The lowest BCUT2D eigenvalue weighted by molar-refractivity contribution is 0.171. The summed E-state index contributed by atoms with van der Waals surface area (Å²) >= 11 is 0. The number of nitrogens with one attached hydrogen (secondary N) is 1. The zero-order valence-corrected chi connectivity index (χ0v) is 10.8. The molecule has 0 spiro atoms. The van der Waals surface area contributed by atoms with Crippen LogP contribution in [0.1, 0.15) is 5.69 Å². The maximum absolute atomic E-state index is 13.1. The first kappa shape index (κ1) is 12.3.